The maximum Gasteiger partial charge on any atom is 0.169 e. The van der Waals surface area contributed by atoms with Crippen LogP contribution >= 0.6 is 15.9 Å². The fraction of sp³-hybridized carbons (Fsp3) is 0.667. The van der Waals surface area contributed by atoms with Crippen molar-refractivity contribution in [2.24, 2.45) is 0 Å². The molecule has 1 unspecified atom stereocenters. The molecule has 1 atom stereocenters. The highest BCUT2D eigenvalue weighted by molar-refractivity contribution is 9.10. The molecule has 1 aromatic rings. The van der Waals surface area contributed by atoms with Gasteiger partial charge in [-0.25, -0.2) is 0 Å². The van der Waals surface area contributed by atoms with E-state index in [-0.39, 0.29) is 5.41 Å². The minimum atomic E-state index is 0.286. The Balaban J connectivity index is 1.77. The summed E-state index contributed by atoms with van der Waals surface area (Å²) in [6.07, 6.45) is 5.21. The van der Waals surface area contributed by atoms with Gasteiger partial charge >= 0.3 is 0 Å². The molecule has 1 N–H and O–H groups in total. The van der Waals surface area contributed by atoms with Gasteiger partial charge in [0.15, 0.2) is 4.67 Å². The van der Waals surface area contributed by atoms with E-state index in [1.54, 1.807) is 0 Å². The third-order valence-electron chi connectivity index (χ3n) is 3.74. The number of nitrogens with one attached hydrogen (secondary N) is 1. The molecule has 15 heavy (non-hydrogen) atoms. The molecule has 0 aliphatic heterocycles. The molecule has 3 rings (SSSR count). The van der Waals surface area contributed by atoms with Crippen LogP contribution in [0.15, 0.2) is 21.2 Å². The van der Waals surface area contributed by atoms with Crippen LogP contribution in [-0.2, 0) is 5.41 Å². The molecular formula is C12H16BrNO. The zero-order chi connectivity index (χ0) is 10.5. The van der Waals surface area contributed by atoms with Crippen molar-refractivity contribution in [3.8, 4) is 0 Å². The van der Waals surface area contributed by atoms with Gasteiger partial charge in [-0.3, -0.25) is 0 Å². The van der Waals surface area contributed by atoms with Crippen LogP contribution in [0.2, 0.25) is 0 Å². The number of hydrogen-bond donors (Lipinski definition) is 1. The molecule has 1 heterocycles. The van der Waals surface area contributed by atoms with Gasteiger partial charge in [-0.1, -0.05) is 0 Å². The number of rotatable bonds is 4. The lowest BCUT2D eigenvalue weighted by Crippen LogP contribution is -2.38. The first-order valence-electron chi connectivity index (χ1n) is 5.72. The zero-order valence-electron chi connectivity index (χ0n) is 8.92. The molecule has 2 aliphatic rings. The lowest BCUT2D eigenvalue weighted by Gasteiger charge is -2.22. The SMILES string of the molecule is CC(NC1CC1)C1(c2ccc(Br)o2)CC1. The Kier molecular flexibility index (Phi) is 2.22. The predicted molar refractivity (Wildman–Crippen MR) is 62.9 cm³/mol. The van der Waals surface area contributed by atoms with Crippen molar-refractivity contribution < 1.29 is 4.42 Å². The summed E-state index contributed by atoms with van der Waals surface area (Å²) in [6, 6.07) is 5.43. The van der Waals surface area contributed by atoms with Crippen LogP contribution in [0.3, 0.4) is 0 Å². The molecule has 2 fully saturated rings. The van der Waals surface area contributed by atoms with Crippen molar-refractivity contribution in [3.05, 3.63) is 22.6 Å². The molecule has 0 bridgehead atoms. The highest BCUT2D eigenvalue weighted by Gasteiger charge is 2.52. The van der Waals surface area contributed by atoms with Crippen molar-refractivity contribution in [1.29, 1.82) is 0 Å². The molecule has 2 saturated carbocycles. The maximum atomic E-state index is 5.71. The summed E-state index contributed by atoms with van der Waals surface area (Å²) in [5.74, 6) is 1.15. The van der Waals surface area contributed by atoms with Crippen LogP contribution in [0.4, 0.5) is 0 Å². The van der Waals surface area contributed by atoms with Crippen molar-refractivity contribution in [1.82, 2.24) is 5.32 Å². The van der Waals surface area contributed by atoms with E-state index in [1.807, 2.05) is 6.07 Å². The van der Waals surface area contributed by atoms with Crippen molar-refractivity contribution in [2.45, 2.75) is 50.1 Å². The molecule has 82 valence electrons. The molecule has 2 nitrogen and oxygen atoms in total. The Bertz CT molecular complexity index is 365. The number of hydrogen-bond acceptors (Lipinski definition) is 2. The summed E-state index contributed by atoms with van der Waals surface area (Å²) in [4.78, 5) is 0. The van der Waals surface area contributed by atoms with E-state index in [0.29, 0.717) is 6.04 Å². The largest absolute Gasteiger partial charge is 0.454 e. The fourth-order valence-corrected chi connectivity index (χ4v) is 2.68. The monoisotopic (exact) mass is 269 g/mol. The van der Waals surface area contributed by atoms with E-state index in [4.69, 9.17) is 4.42 Å². The van der Waals surface area contributed by atoms with Crippen LogP contribution in [0.5, 0.6) is 0 Å². The van der Waals surface area contributed by atoms with E-state index in [1.165, 1.54) is 25.7 Å². The van der Waals surface area contributed by atoms with Crippen molar-refractivity contribution in [3.63, 3.8) is 0 Å². The van der Waals surface area contributed by atoms with Gasteiger partial charge in [0, 0.05) is 17.5 Å². The van der Waals surface area contributed by atoms with E-state index in [2.05, 4.69) is 34.2 Å². The molecule has 0 amide bonds. The van der Waals surface area contributed by atoms with Crippen LogP contribution in [0.25, 0.3) is 0 Å². The van der Waals surface area contributed by atoms with Crippen LogP contribution in [-0.4, -0.2) is 12.1 Å². The molecule has 2 aliphatic carbocycles. The normalized spacial score (nSPS) is 25.2. The fourth-order valence-electron chi connectivity index (χ4n) is 2.37. The minimum absolute atomic E-state index is 0.286. The first kappa shape index (κ1) is 9.91. The lowest BCUT2D eigenvalue weighted by atomic mass is 9.95. The highest BCUT2D eigenvalue weighted by atomic mass is 79.9. The Hall–Kier alpha value is -0.280. The summed E-state index contributed by atoms with van der Waals surface area (Å²) in [5, 5.41) is 3.69. The van der Waals surface area contributed by atoms with Crippen molar-refractivity contribution >= 4 is 15.9 Å². The van der Waals surface area contributed by atoms with Gasteiger partial charge < -0.3 is 9.73 Å². The Morgan fingerprint density at radius 1 is 1.47 bits per heavy atom. The summed E-state index contributed by atoms with van der Waals surface area (Å²) in [6.45, 7) is 2.29. The van der Waals surface area contributed by atoms with E-state index >= 15 is 0 Å². The molecule has 1 aromatic heterocycles. The summed E-state index contributed by atoms with van der Waals surface area (Å²) < 4.78 is 6.56. The van der Waals surface area contributed by atoms with E-state index in [0.717, 1.165) is 16.5 Å². The van der Waals surface area contributed by atoms with Gasteiger partial charge in [0.25, 0.3) is 0 Å². The van der Waals surface area contributed by atoms with Gasteiger partial charge in [0.2, 0.25) is 0 Å². The topological polar surface area (TPSA) is 25.2 Å². The minimum Gasteiger partial charge on any atom is -0.454 e. The molecule has 0 saturated heterocycles. The van der Waals surface area contributed by atoms with Crippen LogP contribution < -0.4 is 5.32 Å². The zero-order valence-corrected chi connectivity index (χ0v) is 10.5. The van der Waals surface area contributed by atoms with Crippen molar-refractivity contribution in [2.75, 3.05) is 0 Å². The van der Waals surface area contributed by atoms with Crippen LogP contribution in [0.1, 0.15) is 38.4 Å². The first-order chi connectivity index (χ1) is 7.21. The Labute approximate surface area is 98.6 Å². The predicted octanol–water partition coefficient (Wildman–Crippen LogP) is 3.21. The third kappa shape index (κ3) is 1.76. The summed E-state index contributed by atoms with van der Waals surface area (Å²) in [5.41, 5.74) is 0.286. The molecule has 0 radical (unpaired) electrons. The maximum absolute atomic E-state index is 5.71. The number of furan rings is 1. The van der Waals surface area contributed by atoms with Gasteiger partial charge in [-0.2, -0.15) is 0 Å². The van der Waals surface area contributed by atoms with E-state index in [9.17, 15) is 0 Å². The summed E-state index contributed by atoms with van der Waals surface area (Å²) >= 11 is 3.38. The molecular weight excluding hydrogens is 254 g/mol. The van der Waals surface area contributed by atoms with Gasteiger partial charge in [-0.05, 0) is 60.7 Å². The molecule has 0 spiro atoms. The number of halogens is 1. The van der Waals surface area contributed by atoms with Crippen LogP contribution in [0, 0.1) is 0 Å². The Morgan fingerprint density at radius 2 is 2.20 bits per heavy atom. The molecule has 0 aromatic carbocycles. The van der Waals surface area contributed by atoms with Gasteiger partial charge in [0.05, 0.1) is 0 Å². The quantitative estimate of drug-likeness (QED) is 0.908. The standard InChI is InChI=1S/C12H16BrNO/c1-8(14-9-2-3-9)12(6-7-12)10-4-5-11(13)15-10/h4-5,8-9,14H,2-3,6-7H2,1H3. The molecule has 3 heteroatoms. The van der Waals surface area contributed by atoms with E-state index < -0.39 is 0 Å². The second-order valence-electron chi connectivity index (χ2n) is 4.92. The smallest absolute Gasteiger partial charge is 0.169 e. The van der Waals surface area contributed by atoms with Gasteiger partial charge in [0.1, 0.15) is 5.76 Å². The average Bonchev–Trinajstić information content (AvgIpc) is 3.08. The summed E-state index contributed by atoms with van der Waals surface area (Å²) in [7, 11) is 0. The highest BCUT2D eigenvalue weighted by Crippen LogP contribution is 2.52. The third-order valence-corrected chi connectivity index (χ3v) is 4.17. The Morgan fingerprint density at radius 3 is 2.67 bits per heavy atom. The first-order valence-corrected chi connectivity index (χ1v) is 6.52. The lowest BCUT2D eigenvalue weighted by molar-refractivity contribution is 0.361. The average molecular weight is 270 g/mol. The van der Waals surface area contributed by atoms with Gasteiger partial charge in [-0.15, -0.1) is 0 Å². The second-order valence-corrected chi connectivity index (χ2v) is 5.70. The second kappa shape index (κ2) is 3.36.